The Hall–Kier alpha value is -2.67. The van der Waals surface area contributed by atoms with Crippen LogP contribution in [0.3, 0.4) is 0 Å². The van der Waals surface area contributed by atoms with Crippen molar-refractivity contribution in [1.82, 2.24) is 19.4 Å². The zero-order valence-electron chi connectivity index (χ0n) is 18.2. The third kappa shape index (κ3) is 3.87. The number of morpholine rings is 1. The summed E-state index contributed by atoms with van der Waals surface area (Å²) >= 11 is 0. The normalized spacial score (nSPS) is 20.5. The zero-order chi connectivity index (χ0) is 21.4. The number of amides is 2. The number of carbonyl (C=O) groups is 2. The molecule has 2 aromatic heterocycles. The van der Waals surface area contributed by atoms with E-state index in [-0.39, 0.29) is 17.4 Å². The predicted octanol–water partition coefficient (Wildman–Crippen LogP) is 2.45. The van der Waals surface area contributed by atoms with Crippen LogP contribution in [0.15, 0.2) is 30.6 Å². The lowest BCUT2D eigenvalue weighted by molar-refractivity contribution is -0.123. The Bertz CT molecular complexity index is 990. The molecule has 2 fully saturated rings. The Morgan fingerprint density at radius 2 is 1.87 bits per heavy atom. The molecule has 4 heterocycles. The molecule has 0 atom stereocenters. The van der Waals surface area contributed by atoms with E-state index >= 15 is 0 Å². The van der Waals surface area contributed by atoms with Crippen LogP contribution in [0.25, 0.3) is 0 Å². The van der Waals surface area contributed by atoms with Gasteiger partial charge in [0, 0.05) is 44.8 Å². The van der Waals surface area contributed by atoms with Crippen LogP contribution in [-0.2, 0) is 24.6 Å². The van der Waals surface area contributed by atoms with Gasteiger partial charge < -0.3 is 19.1 Å². The summed E-state index contributed by atoms with van der Waals surface area (Å²) in [5, 5.41) is 0. The van der Waals surface area contributed by atoms with E-state index < -0.39 is 0 Å². The maximum absolute atomic E-state index is 13.1. The van der Waals surface area contributed by atoms with Crippen LogP contribution in [-0.4, -0.2) is 69.6 Å². The summed E-state index contributed by atoms with van der Waals surface area (Å²) in [7, 11) is 1.89. The maximum atomic E-state index is 13.1. The van der Waals surface area contributed by atoms with Crippen molar-refractivity contribution in [1.29, 1.82) is 0 Å². The van der Waals surface area contributed by atoms with Gasteiger partial charge in [-0.1, -0.05) is 0 Å². The number of likely N-dealkylation sites (tertiary alicyclic amines) is 1. The molecule has 2 aliphatic heterocycles. The van der Waals surface area contributed by atoms with Gasteiger partial charge in [0.2, 0.25) is 0 Å². The molecule has 0 saturated carbocycles. The highest BCUT2D eigenvalue weighted by Gasteiger charge is 2.42. The van der Waals surface area contributed by atoms with Crippen LogP contribution in [0.5, 0.6) is 0 Å². The summed E-state index contributed by atoms with van der Waals surface area (Å²) in [6, 6.07) is 5.80. The van der Waals surface area contributed by atoms with Crippen LogP contribution >= 0.6 is 0 Å². The number of aryl methyl sites for hydroxylation is 3. The van der Waals surface area contributed by atoms with Crippen LogP contribution in [0.4, 0.5) is 0 Å². The summed E-state index contributed by atoms with van der Waals surface area (Å²) in [5.74, 6) is 0.108. The van der Waals surface area contributed by atoms with Gasteiger partial charge in [0.05, 0.1) is 24.3 Å². The molecule has 1 spiro atoms. The molecule has 7 nitrogen and oxygen atoms in total. The van der Waals surface area contributed by atoms with E-state index in [2.05, 4.69) is 4.98 Å². The molecule has 0 radical (unpaired) electrons. The molecular weight excluding hydrogens is 392 g/mol. The van der Waals surface area contributed by atoms with E-state index in [0.717, 1.165) is 31.4 Å². The third-order valence-electron chi connectivity index (χ3n) is 7.08. The van der Waals surface area contributed by atoms with E-state index in [1.165, 1.54) is 18.4 Å². The minimum Gasteiger partial charge on any atom is -0.371 e. The number of ether oxygens (including phenoxy) is 1. The fourth-order valence-electron chi connectivity index (χ4n) is 5.17. The number of aromatic nitrogens is 2. The highest BCUT2D eigenvalue weighted by atomic mass is 16.5. The predicted molar refractivity (Wildman–Crippen MR) is 116 cm³/mol. The first-order chi connectivity index (χ1) is 15.0. The molecule has 0 unspecified atom stereocenters. The van der Waals surface area contributed by atoms with E-state index in [9.17, 15) is 9.59 Å². The molecular formula is C24H30N4O3. The van der Waals surface area contributed by atoms with Gasteiger partial charge in [0.15, 0.2) is 0 Å². The minimum atomic E-state index is -0.357. The Labute approximate surface area is 183 Å². The summed E-state index contributed by atoms with van der Waals surface area (Å²) in [6.07, 6.45) is 9.52. The van der Waals surface area contributed by atoms with Crippen molar-refractivity contribution in [3.63, 3.8) is 0 Å². The lowest BCUT2D eigenvalue weighted by atomic mass is 9.88. The molecule has 7 heteroatoms. The van der Waals surface area contributed by atoms with Crippen LogP contribution in [0.1, 0.15) is 57.8 Å². The molecule has 3 aliphatic rings. The van der Waals surface area contributed by atoms with Gasteiger partial charge in [-0.15, -0.1) is 0 Å². The first-order valence-electron chi connectivity index (χ1n) is 11.4. The summed E-state index contributed by atoms with van der Waals surface area (Å²) in [4.78, 5) is 34.4. The molecule has 0 aromatic carbocycles. The highest BCUT2D eigenvalue weighted by molar-refractivity contribution is 5.94. The van der Waals surface area contributed by atoms with Gasteiger partial charge in [0.1, 0.15) is 5.69 Å². The Morgan fingerprint density at radius 1 is 1.06 bits per heavy atom. The quantitative estimate of drug-likeness (QED) is 0.746. The van der Waals surface area contributed by atoms with Gasteiger partial charge in [0.25, 0.3) is 11.8 Å². The molecule has 0 bridgehead atoms. The van der Waals surface area contributed by atoms with Crippen molar-refractivity contribution < 1.29 is 14.3 Å². The van der Waals surface area contributed by atoms with Gasteiger partial charge in [-0.3, -0.25) is 14.6 Å². The van der Waals surface area contributed by atoms with Crippen LogP contribution in [0.2, 0.25) is 0 Å². The van der Waals surface area contributed by atoms with Gasteiger partial charge in [-0.05, 0) is 62.3 Å². The molecule has 1 aliphatic carbocycles. The number of fused-ring (bicyclic) bond motifs is 1. The van der Waals surface area contributed by atoms with E-state index in [1.54, 1.807) is 6.20 Å². The monoisotopic (exact) mass is 422 g/mol. The lowest BCUT2D eigenvalue weighted by Gasteiger charge is -2.47. The Morgan fingerprint density at radius 3 is 2.65 bits per heavy atom. The van der Waals surface area contributed by atoms with Crippen molar-refractivity contribution in [2.75, 3.05) is 32.8 Å². The zero-order valence-corrected chi connectivity index (χ0v) is 18.2. The van der Waals surface area contributed by atoms with E-state index in [4.69, 9.17) is 4.74 Å². The maximum Gasteiger partial charge on any atom is 0.270 e. The highest BCUT2D eigenvalue weighted by Crippen LogP contribution is 2.31. The molecule has 0 N–H and O–H groups in total. The summed E-state index contributed by atoms with van der Waals surface area (Å²) < 4.78 is 8.05. The smallest absolute Gasteiger partial charge is 0.270 e. The molecule has 2 aromatic rings. The largest absolute Gasteiger partial charge is 0.371 e. The Kier molecular flexibility index (Phi) is 5.30. The fraction of sp³-hybridized carbons (Fsp3) is 0.542. The number of hydrogen-bond donors (Lipinski definition) is 0. The third-order valence-corrected chi connectivity index (χ3v) is 7.08. The molecule has 31 heavy (non-hydrogen) atoms. The number of nitrogens with zero attached hydrogens (tertiary/aromatic N) is 4. The van der Waals surface area contributed by atoms with E-state index in [0.29, 0.717) is 44.0 Å². The lowest BCUT2D eigenvalue weighted by Crippen LogP contribution is -2.58. The second-order valence-corrected chi connectivity index (χ2v) is 9.09. The number of piperidine rings is 1. The van der Waals surface area contributed by atoms with Gasteiger partial charge >= 0.3 is 0 Å². The van der Waals surface area contributed by atoms with Gasteiger partial charge in [-0.2, -0.15) is 0 Å². The van der Waals surface area contributed by atoms with Crippen molar-refractivity contribution >= 4 is 11.8 Å². The average molecular weight is 423 g/mol. The second kappa shape index (κ2) is 8.11. The van der Waals surface area contributed by atoms with Crippen LogP contribution in [0, 0.1) is 0 Å². The number of carbonyl (C=O) groups excluding carboxylic acids is 2. The molecule has 5 rings (SSSR count). The summed E-state index contributed by atoms with van der Waals surface area (Å²) in [6.45, 7) is 3.01. The molecule has 164 valence electrons. The topological polar surface area (TPSA) is 67.7 Å². The SMILES string of the molecule is Cn1cccc1C(=O)N1CCOC2(CCN(C(=O)c3cnc4c(c3)CCCC4)CC2)C1. The van der Waals surface area contributed by atoms with Crippen LogP contribution < -0.4 is 0 Å². The van der Waals surface area contributed by atoms with Crippen molar-refractivity contribution in [2.45, 2.75) is 44.1 Å². The van der Waals surface area contributed by atoms with Crippen molar-refractivity contribution in [3.05, 3.63) is 53.1 Å². The minimum absolute atomic E-state index is 0.0498. The second-order valence-electron chi connectivity index (χ2n) is 9.09. The number of hydrogen-bond acceptors (Lipinski definition) is 4. The molecule has 2 amide bonds. The Balaban J connectivity index is 1.24. The van der Waals surface area contributed by atoms with E-state index in [1.807, 2.05) is 45.8 Å². The first kappa shape index (κ1) is 20.2. The van der Waals surface area contributed by atoms with Crippen molar-refractivity contribution in [2.24, 2.45) is 7.05 Å². The summed E-state index contributed by atoms with van der Waals surface area (Å²) in [5.41, 5.74) is 3.42. The van der Waals surface area contributed by atoms with Gasteiger partial charge in [-0.25, -0.2) is 0 Å². The average Bonchev–Trinajstić information content (AvgIpc) is 3.24. The molecule has 2 saturated heterocycles. The number of rotatable bonds is 2. The standard InChI is InChI=1S/C24H30N4O3/c1-26-10-4-7-21(26)23(30)28-13-14-31-24(17-28)8-11-27(12-9-24)22(29)19-15-18-5-2-3-6-20(18)25-16-19/h4,7,10,15-16H,2-3,5-6,8-9,11-14,17H2,1H3. The first-order valence-corrected chi connectivity index (χ1v) is 11.4. The fourth-order valence-corrected chi connectivity index (χ4v) is 5.17. The van der Waals surface area contributed by atoms with Crippen molar-refractivity contribution in [3.8, 4) is 0 Å². The number of pyridine rings is 1.